The third-order valence-corrected chi connectivity index (χ3v) is 4.42. The molecule has 1 N–H and O–H groups in total. The first kappa shape index (κ1) is 18.8. The van der Waals surface area contributed by atoms with Crippen molar-refractivity contribution in [2.24, 2.45) is 5.41 Å². The van der Waals surface area contributed by atoms with Gasteiger partial charge in [-0.1, -0.05) is 51.1 Å². The minimum absolute atomic E-state index is 0.123. The van der Waals surface area contributed by atoms with Crippen LogP contribution in [-0.2, 0) is 9.59 Å². The lowest BCUT2D eigenvalue weighted by Crippen LogP contribution is -2.33. The van der Waals surface area contributed by atoms with E-state index >= 15 is 0 Å². The van der Waals surface area contributed by atoms with Gasteiger partial charge in [-0.05, 0) is 17.7 Å². The van der Waals surface area contributed by atoms with Gasteiger partial charge in [0.15, 0.2) is 11.5 Å². The zero-order chi connectivity index (χ0) is 19.9. The predicted octanol–water partition coefficient (Wildman–Crippen LogP) is 4.48. The van der Waals surface area contributed by atoms with Crippen molar-refractivity contribution in [2.45, 2.75) is 26.8 Å². The number of Topliss-reactive ketones (excluding diaryl/α,β-unsaturated/α-hetero) is 1. The molecule has 1 aliphatic heterocycles. The molecule has 0 radical (unpaired) electrons. The van der Waals surface area contributed by atoms with Crippen LogP contribution in [-0.4, -0.2) is 16.8 Å². The van der Waals surface area contributed by atoms with Gasteiger partial charge < -0.3 is 5.11 Å². The van der Waals surface area contributed by atoms with Crippen molar-refractivity contribution in [1.82, 2.24) is 0 Å². The van der Waals surface area contributed by atoms with Crippen molar-refractivity contribution in [3.63, 3.8) is 0 Å². The maximum Gasteiger partial charge on any atom is 0.294 e. The van der Waals surface area contributed by atoms with E-state index in [1.807, 2.05) is 0 Å². The van der Waals surface area contributed by atoms with Crippen molar-refractivity contribution in [3.8, 4) is 0 Å². The Hall–Kier alpha value is -3.02. The number of carbonyl (C=O) groups is 2. The van der Waals surface area contributed by atoms with E-state index in [0.29, 0.717) is 5.56 Å². The van der Waals surface area contributed by atoms with Crippen LogP contribution in [0.15, 0.2) is 59.9 Å². The van der Waals surface area contributed by atoms with Crippen molar-refractivity contribution >= 4 is 17.4 Å². The number of hydrogen-bond acceptors (Lipinski definition) is 3. The van der Waals surface area contributed by atoms with E-state index in [1.165, 1.54) is 0 Å². The number of ketones is 1. The summed E-state index contributed by atoms with van der Waals surface area (Å²) in [5.41, 5.74) is -0.835. The molecule has 1 atom stereocenters. The van der Waals surface area contributed by atoms with Crippen LogP contribution in [0.3, 0.4) is 0 Å². The molecule has 1 aliphatic rings. The molecule has 0 saturated heterocycles. The molecule has 6 heteroatoms. The summed E-state index contributed by atoms with van der Waals surface area (Å²) in [4.78, 5) is 26.7. The molecule has 0 fully saturated rings. The number of nitrogens with zero attached hydrogens (tertiary/aromatic N) is 1. The van der Waals surface area contributed by atoms with Gasteiger partial charge in [0.2, 0.25) is 0 Å². The van der Waals surface area contributed by atoms with Gasteiger partial charge in [0.25, 0.3) is 5.91 Å². The minimum Gasteiger partial charge on any atom is -0.503 e. The largest absolute Gasteiger partial charge is 0.503 e. The van der Waals surface area contributed by atoms with Crippen molar-refractivity contribution < 1.29 is 23.5 Å². The highest BCUT2D eigenvalue weighted by molar-refractivity contribution is 6.17. The van der Waals surface area contributed by atoms with Gasteiger partial charge in [0.1, 0.15) is 11.6 Å². The predicted molar refractivity (Wildman–Crippen MR) is 97.1 cm³/mol. The number of aliphatic hydroxyl groups excluding tert-OH is 1. The third-order valence-electron chi connectivity index (χ3n) is 4.42. The molecular weight excluding hydrogens is 352 g/mol. The highest BCUT2D eigenvalue weighted by atomic mass is 19.1. The van der Waals surface area contributed by atoms with Gasteiger partial charge in [-0.3, -0.25) is 14.5 Å². The normalized spacial score (nSPS) is 17.6. The molecule has 27 heavy (non-hydrogen) atoms. The van der Waals surface area contributed by atoms with E-state index in [9.17, 15) is 23.5 Å². The van der Waals surface area contributed by atoms with E-state index in [1.54, 1.807) is 51.1 Å². The van der Waals surface area contributed by atoms with Crippen molar-refractivity contribution in [2.75, 3.05) is 4.90 Å². The number of halogens is 2. The second-order valence-electron chi connectivity index (χ2n) is 7.43. The lowest BCUT2D eigenvalue weighted by Gasteiger charge is -2.29. The summed E-state index contributed by atoms with van der Waals surface area (Å²) in [5.74, 6) is -3.70. The zero-order valence-corrected chi connectivity index (χ0v) is 15.2. The fourth-order valence-corrected chi connectivity index (χ4v) is 3.11. The average Bonchev–Trinajstić information content (AvgIpc) is 2.88. The van der Waals surface area contributed by atoms with Crippen LogP contribution in [0.1, 0.15) is 32.4 Å². The SMILES string of the molecule is CC(C)(C)C(=O)C1=C(O)C(=O)N(c2cc(F)ccc2F)C1c1ccccc1. The summed E-state index contributed by atoms with van der Waals surface area (Å²) in [5, 5.41) is 10.5. The standard InChI is InChI=1S/C21H19F2NO3/c1-21(2,3)19(26)16-17(12-7-5-4-6-8-12)24(20(27)18(16)25)15-11-13(22)9-10-14(15)23/h4-11,17,25H,1-3H3. The van der Waals surface area contributed by atoms with Crippen molar-refractivity contribution in [1.29, 1.82) is 0 Å². The van der Waals surface area contributed by atoms with E-state index in [2.05, 4.69) is 0 Å². The molecule has 1 unspecified atom stereocenters. The highest BCUT2D eigenvalue weighted by Gasteiger charge is 2.47. The first-order valence-corrected chi connectivity index (χ1v) is 8.44. The number of carbonyl (C=O) groups excluding carboxylic acids is 2. The summed E-state index contributed by atoms with van der Waals surface area (Å²) < 4.78 is 28.2. The van der Waals surface area contributed by atoms with Gasteiger partial charge in [-0.2, -0.15) is 0 Å². The summed E-state index contributed by atoms with van der Waals surface area (Å²) in [6.07, 6.45) is 0. The molecule has 4 nitrogen and oxygen atoms in total. The number of benzene rings is 2. The second kappa shape index (κ2) is 6.61. The number of aliphatic hydroxyl groups is 1. The molecule has 2 aromatic rings. The smallest absolute Gasteiger partial charge is 0.294 e. The summed E-state index contributed by atoms with van der Waals surface area (Å²) in [6.45, 7) is 4.98. The van der Waals surface area contributed by atoms with E-state index in [0.717, 1.165) is 23.1 Å². The monoisotopic (exact) mass is 371 g/mol. The molecule has 1 amide bonds. The quantitative estimate of drug-likeness (QED) is 0.865. The molecule has 2 aromatic carbocycles. The molecule has 0 spiro atoms. The number of amides is 1. The first-order chi connectivity index (χ1) is 12.6. The molecule has 0 aromatic heterocycles. The fourth-order valence-electron chi connectivity index (χ4n) is 3.11. The Morgan fingerprint density at radius 1 is 1.07 bits per heavy atom. The van der Waals surface area contributed by atoms with E-state index in [4.69, 9.17) is 0 Å². The topological polar surface area (TPSA) is 57.6 Å². The van der Waals surface area contributed by atoms with Crippen LogP contribution in [0, 0.1) is 17.0 Å². The maximum atomic E-state index is 14.4. The molecule has 0 aliphatic carbocycles. The number of hydrogen-bond donors (Lipinski definition) is 1. The minimum atomic E-state index is -1.05. The second-order valence-corrected chi connectivity index (χ2v) is 7.43. The highest BCUT2D eigenvalue weighted by Crippen LogP contribution is 2.44. The lowest BCUT2D eigenvalue weighted by atomic mass is 9.82. The fraction of sp³-hybridized carbons (Fsp3) is 0.238. The lowest BCUT2D eigenvalue weighted by molar-refractivity contribution is -0.123. The van der Waals surface area contributed by atoms with Crippen LogP contribution in [0.2, 0.25) is 0 Å². The Morgan fingerprint density at radius 3 is 2.30 bits per heavy atom. The van der Waals surface area contributed by atoms with Gasteiger partial charge in [-0.25, -0.2) is 8.78 Å². The molecule has 140 valence electrons. The first-order valence-electron chi connectivity index (χ1n) is 8.44. The van der Waals surface area contributed by atoms with Crippen molar-refractivity contribution in [3.05, 3.63) is 77.1 Å². The molecule has 0 saturated carbocycles. The molecule has 3 rings (SSSR count). The van der Waals surface area contributed by atoms with E-state index in [-0.39, 0.29) is 11.3 Å². The van der Waals surface area contributed by atoms with Crippen LogP contribution >= 0.6 is 0 Å². The Labute approximate surface area is 155 Å². The number of anilines is 1. The molecule has 0 bridgehead atoms. The summed E-state index contributed by atoms with van der Waals surface area (Å²) >= 11 is 0. The van der Waals surface area contributed by atoms with Crippen LogP contribution in [0.5, 0.6) is 0 Å². The van der Waals surface area contributed by atoms with Crippen LogP contribution in [0.25, 0.3) is 0 Å². The number of rotatable bonds is 3. The molecule has 1 heterocycles. The van der Waals surface area contributed by atoms with Crippen LogP contribution in [0.4, 0.5) is 14.5 Å². The van der Waals surface area contributed by atoms with Gasteiger partial charge in [0.05, 0.1) is 17.3 Å². The Balaban J connectivity index is 2.25. The van der Waals surface area contributed by atoms with Crippen LogP contribution < -0.4 is 4.90 Å². The van der Waals surface area contributed by atoms with E-state index < -0.39 is 40.5 Å². The average molecular weight is 371 g/mol. The van der Waals surface area contributed by atoms with Gasteiger partial charge in [0, 0.05) is 11.5 Å². The Morgan fingerprint density at radius 2 is 1.70 bits per heavy atom. The molecular formula is C21H19F2NO3. The van der Waals surface area contributed by atoms with Gasteiger partial charge in [-0.15, -0.1) is 0 Å². The zero-order valence-electron chi connectivity index (χ0n) is 15.2. The Bertz CT molecular complexity index is 946. The maximum absolute atomic E-state index is 14.4. The van der Waals surface area contributed by atoms with Gasteiger partial charge >= 0.3 is 0 Å². The third kappa shape index (κ3) is 3.23. The summed E-state index contributed by atoms with van der Waals surface area (Å²) in [7, 11) is 0. The summed E-state index contributed by atoms with van der Waals surface area (Å²) in [6, 6.07) is 10.1. The Kier molecular flexibility index (Phi) is 4.59.